The first-order valence-electron chi connectivity index (χ1n) is 16.8. The lowest BCUT2D eigenvalue weighted by Gasteiger charge is -2.27. The van der Waals surface area contributed by atoms with Gasteiger partial charge in [-0.1, -0.05) is 88.4 Å². The number of aryl methyl sites for hydroxylation is 1. The number of aliphatic hydroxyl groups excluding tert-OH is 1. The number of Topliss-reactive ketones (excluding diaryl/α,β-unsaturated/α-hetero) is 3. The summed E-state index contributed by atoms with van der Waals surface area (Å²) in [6.45, 7) is 9.24. The van der Waals surface area contributed by atoms with Gasteiger partial charge < -0.3 is 20.5 Å². The Balaban J connectivity index is 1.81. The molecule has 1 aliphatic rings. The fourth-order valence-electron chi connectivity index (χ4n) is 5.84. The smallest absolute Gasteiger partial charge is 0.224 e. The van der Waals surface area contributed by atoms with E-state index in [0.717, 1.165) is 11.1 Å². The molecule has 9 heteroatoms. The highest BCUT2D eigenvalue weighted by molar-refractivity contribution is 5.98. The zero-order valence-corrected chi connectivity index (χ0v) is 28.5. The first-order valence-corrected chi connectivity index (χ1v) is 16.8. The molecule has 0 unspecified atom stereocenters. The summed E-state index contributed by atoms with van der Waals surface area (Å²) in [5.74, 6) is -3.04. The largest absolute Gasteiger partial charge is 0.389 e. The van der Waals surface area contributed by atoms with Crippen molar-refractivity contribution in [3.8, 4) is 0 Å². The molecule has 0 aliphatic carbocycles. The van der Waals surface area contributed by atoms with Gasteiger partial charge in [-0.3, -0.25) is 24.0 Å². The molecule has 5 atom stereocenters. The third kappa shape index (κ3) is 12.5. The lowest BCUT2D eigenvalue weighted by atomic mass is 9.87. The van der Waals surface area contributed by atoms with Gasteiger partial charge in [0.15, 0.2) is 17.3 Å². The van der Waals surface area contributed by atoms with Crippen LogP contribution in [0, 0.1) is 23.7 Å². The van der Waals surface area contributed by atoms with Crippen LogP contribution in [0.15, 0.2) is 60.7 Å². The number of amides is 2. The van der Waals surface area contributed by atoms with E-state index < -0.39 is 53.7 Å². The van der Waals surface area contributed by atoms with E-state index in [2.05, 4.69) is 10.6 Å². The van der Waals surface area contributed by atoms with Crippen LogP contribution in [0.4, 0.5) is 0 Å². The van der Waals surface area contributed by atoms with Crippen molar-refractivity contribution < 1.29 is 33.8 Å². The molecule has 1 fully saturated rings. The van der Waals surface area contributed by atoms with Crippen molar-refractivity contribution >= 4 is 29.2 Å². The first-order chi connectivity index (χ1) is 22.3. The molecule has 0 aromatic heterocycles. The number of carbonyl (C=O) groups is 5. The molecule has 0 radical (unpaired) electrons. The topological polar surface area (TPSA) is 142 Å². The van der Waals surface area contributed by atoms with Crippen molar-refractivity contribution in [1.29, 1.82) is 0 Å². The second kappa shape index (κ2) is 18.0. The predicted molar refractivity (Wildman–Crippen MR) is 180 cm³/mol. The average molecular weight is 649 g/mol. The number of rotatable bonds is 21. The Morgan fingerprint density at radius 1 is 0.766 bits per heavy atom. The van der Waals surface area contributed by atoms with Gasteiger partial charge in [0.2, 0.25) is 11.8 Å². The fraction of sp³-hybridized carbons (Fsp3) is 0.553. The van der Waals surface area contributed by atoms with Crippen molar-refractivity contribution in [1.82, 2.24) is 10.6 Å². The van der Waals surface area contributed by atoms with E-state index in [1.54, 1.807) is 6.92 Å². The summed E-state index contributed by atoms with van der Waals surface area (Å²) in [5, 5.41) is 15.3. The van der Waals surface area contributed by atoms with Crippen LogP contribution in [-0.4, -0.2) is 65.2 Å². The second-order valence-corrected chi connectivity index (χ2v) is 13.9. The summed E-state index contributed by atoms with van der Waals surface area (Å²) < 4.78 is 5.39. The minimum atomic E-state index is -0.904. The van der Waals surface area contributed by atoms with Crippen LogP contribution in [-0.2, 0) is 41.6 Å². The van der Waals surface area contributed by atoms with Gasteiger partial charge in [0.05, 0.1) is 18.7 Å². The van der Waals surface area contributed by atoms with Crippen molar-refractivity contribution in [3.63, 3.8) is 0 Å². The Bertz CT molecular complexity index is 1340. The number of ether oxygens (including phenoxy) is 1. The number of hydrogen-bond donors (Lipinski definition) is 3. The molecule has 256 valence electrons. The molecule has 0 bridgehead atoms. The summed E-state index contributed by atoms with van der Waals surface area (Å²) in [6.07, 6.45) is 1.73. The van der Waals surface area contributed by atoms with Gasteiger partial charge in [-0.25, -0.2) is 0 Å². The van der Waals surface area contributed by atoms with E-state index in [1.165, 1.54) is 0 Å². The van der Waals surface area contributed by atoms with Crippen LogP contribution in [0.1, 0.15) is 77.8 Å². The predicted octanol–water partition coefficient (Wildman–Crippen LogP) is 4.42. The molecule has 3 rings (SSSR count). The highest BCUT2D eigenvalue weighted by Crippen LogP contribution is 2.30. The fourth-order valence-corrected chi connectivity index (χ4v) is 5.84. The van der Waals surface area contributed by atoms with Crippen molar-refractivity contribution in [2.45, 2.75) is 97.2 Å². The van der Waals surface area contributed by atoms with Gasteiger partial charge in [0.1, 0.15) is 12.2 Å². The summed E-state index contributed by atoms with van der Waals surface area (Å²) in [4.78, 5) is 67.0. The van der Waals surface area contributed by atoms with Gasteiger partial charge in [0.25, 0.3) is 0 Å². The minimum Gasteiger partial charge on any atom is -0.389 e. The summed E-state index contributed by atoms with van der Waals surface area (Å²) in [5.41, 5.74) is 0.985. The standard InChI is InChI=1S/C38H52N2O7/c1-25(2)18-32(39-36(45)29(21-31(42)23-41)17-16-27-12-8-6-9-13-27)34(43)22-30(20-28-14-10-7-11-15-28)37(46)40-33(19-26(3)4)35(44)38(5)24-47-38/h6-15,25-26,29-30,32-33,41H,16-24H2,1-5H3,(H,39,45)(H,40,46)/t29-,30-,32+,33+,38-/m1/s1. The molecule has 1 heterocycles. The molecule has 9 nitrogen and oxygen atoms in total. The molecular weight excluding hydrogens is 596 g/mol. The number of epoxide rings is 1. The minimum absolute atomic E-state index is 0.0554. The zero-order valence-electron chi connectivity index (χ0n) is 28.5. The summed E-state index contributed by atoms with van der Waals surface area (Å²) in [7, 11) is 0. The van der Waals surface area contributed by atoms with E-state index in [9.17, 15) is 29.1 Å². The zero-order chi connectivity index (χ0) is 34.6. The quantitative estimate of drug-likeness (QED) is 0.170. The normalized spacial score (nSPS) is 18.2. The van der Waals surface area contributed by atoms with E-state index in [4.69, 9.17) is 4.74 Å². The number of benzene rings is 2. The molecule has 1 saturated heterocycles. The molecular formula is C38H52N2O7. The molecule has 0 spiro atoms. The SMILES string of the molecule is CC(C)C[C@H](NC(=O)[C@H](CCc1ccccc1)CC(=O)CO)C(=O)C[C@@H](Cc1ccccc1)C(=O)N[C@@H](CC(C)C)C(=O)[C@@]1(C)CO1. The van der Waals surface area contributed by atoms with E-state index in [1.807, 2.05) is 88.4 Å². The number of ketones is 3. The number of aliphatic hydroxyl groups is 1. The first kappa shape index (κ1) is 37.8. The van der Waals surface area contributed by atoms with E-state index >= 15 is 0 Å². The third-order valence-corrected chi connectivity index (χ3v) is 8.64. The van der Waals surface area contributed by atoms with E-state index in [0.29, 0.717) is 32.3 Å². The monoisotopic (exact) mass is 648 g/mol. The van der Waals surface area contributed by atoms with Crippen LogP contribution < -0.4 is 10.6 Å². The summed E-state index contributed by atoms with van der Waals surface area (Å²) in [6, 6.07) is 17.4. The van der Waals surface area contributed by atoms with Crippen molar-refractivity contribution in [3.05, 3.63) is 71.8 Å². The molecule has 47 heavy (non-hydrogen) atoms. The average Bonchev–Trinajstić information content (AvgIpc) is 3.80. The van der Waals surface area contributed by atoms with E-state index in [-0.39, 0.29) is 42.7 Å². The molecule has 3 N–H and O–H groups in total. The molecule has 2 aromatic carbocycles. The number of carbonyl (C=O) groups excluding carboxylic acids is 5. The molecule has 2 aromatic rings. The number of nitrogens with one attached hydrogen (secondary N) is 2. The Hall–Kier alpha value is -3.69. The van der Waals surface area contributed by atoms with Crippen molar-refractivity contribution in [2.24, 2.45) is 23.7 Å². The lowest BCUT2D eigenvalue weighted by Crippen LogP contribution is -2.50. The molecule has 0 saturated carbocycles. The Morgan fingerprint density at radius 3 is 1.81 bits per heavy atom. The van der Waals surface area contributed by atoms with Gasteiger partial charge >= 0.3 is 0 Å². The number of hydrogen-bond acceptors (Lipinski definition) is 7. The van der Waals surface area contributed by atoms with Crippen LogP contribution in [0.2, 0.25) is 0 Å². The van der Waals surface area contributed by atoms with Gasteiger partial charge in [-0.15, -0.1) is 0 Å². The van der Waals surface area contributed by atoms with Crippen molar-refractivity contribution in [2.75, 3.05) is 13.2 Å². The Morgan fingerprint density at radius 2 is 1.28 bits per heavy atom. The van der Waals surface area contributed by atoms with Gasteiger partial charge in [-0.05, 0) is 62.0 Å². The van der Waals surface area contributed by atoms with Crippen LogP contribution in [0.25, 0.3) is 0 Å². The maximum absolute atomic E-state index is 14.0. The lowest BCUT2D eigenvalue weighted by molar-refractivity contribution is -0.136. The van der Waals surface area contributed by atoms with Gasteiger partial charge in [0, 0.05) is 24.7 Å². The molecule has 1 aliphatic heterocycles. The second-order valence-electron chi connectivity index (χ2n) is 13.9. The maximum atomic E-state index is 14.0. The highest BCUT2D eigenvalue weighted by atomic mass is 16.6. The maximum Gasteiger partial charge on any atom is 0.224 e. The third-order valence-electron chi connectivity index (χ3n) is 8.64. The highest BCUT2D eigenvalue weighted by Gasteiger charge is 2.50. The van der Waals surface area contributed by atoms with Crippen LogP contribution >= 0.6 is 0 Å². The van der Waals surface area contributed by atoms with Gasteiger partial charge in [-0.2, -0.15) is 0 Å². The summed E-state index contributed by atoms with van der Waals surface area (Å²) >= 11 is 0. The Kier molecular flexibility index (Phi) is 14.5. The Labute approximate surface area is 279 Å². The van der Waals surface area contributed by atoms with Crippen LogP contribution in [0.5, 0.6) is 0 Å². The van der Waals surface area contributed by atoms with Crippen LogP contribution in [0.3, 0.4) is 0 Å². The molecule has 2 amide bonds.